The van der Waals surface area contributed by atoms with Crippen LogP contribution in [0.15, 0.2) is 18.2 Å². The van der Waals surface area contributed by atoms with Crippen LogP contribution < -0.4 is 21.1 Å². The van der Waals surface area contributed by atoms with Gasteiger partial charge in [0.2, 0.25) is 5.91 Å². The van der Waals surface area contributed by atoms with Gasteiger partial charge in [0.15, 0.2) is 0 Å². The van der Waals surface area contributed by atoms with Crippen LogP contribution in [0.5, 0.6) is 5.75 Å². The molecule has 1 atom stereocenters. The lowest BCUT2D eigenvalue weighted by Gasteiger charge is -2.09. The minimum atomic E-state index is -0.222. The van der Waals surface area contributed by atoms with E-state index in [1.54, 1.807) is 25.1 Å². The zero-order valence-electron chi connectivity index (χ0n) is 10.7. The van der Waals surface area contributed by atoms with Crippen molar-refractivity contribution in [1.29, 1.82) is 0 Å². The van der Waals surface area contributed by atoms with Crippen LogP contribution in [0, 0.1) is 5.92 Å². The van der Waals surface area contributed by atoms with Crippen LogP contribution in [-0.2, 0) is 4.79 Å². The van der Waals surface area contributed by atoms with E-state index < -0.39 is 0 Å². The molecule has 0 fully saturated rings. The zero-order valence-corrected chi connectivity index (χ0v) is 10.7. The Morgan fingerprint density at radius 3 is 3.11 bits per heavy atom. The number of ether oxygens (including phenoxy) is 1. The van der Waals surface area contributed by atoms with E-state index in [9.17, 15) is 9.59 Å². The standard InChI is InChI=1S/C13H17N3O3/c1-8-7-19-11-3-2-9(13(18)15-5-4-14)6-10(11)16-12(8)17/h2-3,6,8H,4-5,7,14H2,1H3,(H,15,18)(H,16,17). The van der Waals surface area contributed by atoms with Crippen molar-refractivity contribution in [2.75, 3.05) is 25.0 Å². The highest BCUT2D eigenvalue weighted by atomic mass is 16.5. The van der Waals surface area contributed by atoms with Crippen molar-refractivity contribution in [2.24, 2.45) is 11.7 Å². The number of carbonyl (C=O) groups excluding carboxylic acids is 2. The average molecular weight is 263 g/mol. The minimum absolute atomic E-state index is 0.113. The smallest absolute Gasteiger partial charge is 0.251 e. The van der Waals surface area contributed by atoms with Crippen molar-refractivity contribution in [3.8, 4) is 5.75 Å². The van der Waals surface area contributed by atoms with Gasteiger partial charge in [0.25, 0.3) is 5.91 Å². The Labute approximate surface area is 111 Å². The second-order valence-electron chi connectivity index (χ2n) is 4.46. The van der Waals surface area contributed by atoms with E-state index in [2.05, 4.69) is 10.6 Å². The number of anilines is 1. The maximum Gasteiger partial charge on any atom is 0.251 e. The van der Waals surface area contributed by atoms with Crippen LogP contribution in [0.3, 0.4) is 0 Å². The molecule has 1 unspecified atom stereocenters. The predicted molar refractivity (Wildman–Crippen MR) is 71.1 cm³/mol. The van der Waals surface area contributed by atoms with E-state index in [0.29, 0.717) is 36.7 Å². The first-order valence-electron chi connectivity index (χ1n) is 6.18. The summed E-state index contributed by atoms with van der Waals surface area (Å²) in [5.41, 5.74) is 6.31. The highest BCUT2D eigenvalue weighted by Crippen LogP contribution is 2.29. The first-order valence-corrected chi connectivity index (χ1v) is 6.18. The number of amides is 2. The van der Waals surface area contributed by atoms with Gasteiger partial charge in [-0.15, -0.1) is 0 Å². The number of nitrogens with one attached hydrogen (secondary N) is 2. The summed E-state index contributed by atoms with van der Waals surface area (Å²) in [6, 6.07) is 4.95. The Bertz CT molecular complexity index is 502. The van der Waals surface area contributed by atoms with Gasteiger partial charge >= 0.3 is 0 Å². The van der Waals surface area contributed by atoms with Crippen molar-refractivity contribution in [3.63, 3.8) is 0 Å². The van der Waals surface area contributed by atoms with Crippen molar-refractivity contribution in [2.45, 2.75) is 6.92 Å². The fraction of sp³-hybridized carbons (Fsp3) is 0.385. The molecule has 6 nitrogen and oxygen atoms in total. The largest absolute Gasteiger partial charge is 0.491 e. The quantitative estimate of drug-likeness (QED) is 0.733. The number of benzene rings is 1. The zero-order chi connectivity index (χ0) is 13.8. The molecule has 0 aliphatic carbocycles. The summed E-state index contributed by atoms with van der Waals surface area (Å²) in [6.07, 6.45) is 0. The maximum absolute atomic E-state index is 11.8. The summed E-state index contributed by atoms with van der Waals surface area (Å²) in [5, 5.41) is 5.43. The number of rotatable bonds is 3. The van der Waals surface area contributed by atoms with Gasteiger partial charge in [-0.3, -0.25) is 9.59 Å². The molecule has 1 aliphatic rings. The molecule has 1 aromatic carbocycles. The summed E-state index contributed by atoms with van der Waals surface area (Å²) >= 11 is 0. The molecular formula is C13H17N3O3. The van der Waals surface area contributed by atoms with Crippen LogP contribution in [-0.4, -0.2) is 31.5 Å². The van der Waals surface area contributed by atoms with Crippen LogP contribution in [0.4, 0.5) is 5.69 Å². The van der Waals surface area contributed by atoms with E-state index in [1.165, 1.54) is 0 Å². The number of hydrogen-bond acceptors (Lipinski definition) is 4. The maximum atomic E-state index is 11.8. The first kappa shape index (κ1) is 13.4. The fourth-order valence-electron chi connectivity index (χ4n) is 1.73. The molecule has 2 rings (SSSR count). The van der Waals surface area contributed by atoms with Gasteiger partial charge in [0, 0.05) is 18.7 Å². The van der Waals surface area contributed by atoms with E-state index in [1.807, 2.05) is 0 Å². The van der Waals surface area contributed by atoms with E-state index in [-0.39, 0.29) is 17.7 Å². The van der Waals surface area contributed by atoms with E-state index >= 15 is 0 Å². The SMILES string of the molecule is CC1COc2ccc(C(=O)NCCN)cc2NC1=O. The predicted octanol–water partition coefficient (Wildman–Crippen LogP) is 0.342. The molecule has 19 heavy (non-hydrogen) atoms. The molecule has 1 aromatic rings. The van der Waals surface area contributed by atoms with E-state index in [4.69, 9.17) is 10.5 Å². The summed E-state index contributed by atoms with van der Waals surface area (Å²) in [6.45, 7) is 2.91. The van der Waals surface area contributed by atoms with Gasteiger partial charge in [-0.25, -0.2) is 0 Å². The Balaban J connectivity index is 2.21. The van der Waals surface area contributed by atoms with Crippen molar-refractivity contribution in [1.82, 2.24) is 5.32 Å². The lowest BCUT2D eigenvalue weighted by Crippen LogP contribution is -2.29. The second kappa shape index (κ2) is 5.71. The molecule has 0 saturated carbocycles. The van der Waals surface area contributed by atoms with E-state index in [0.717, 1.165) is 0 Å². The van der Waals surface area contributed by atoms with Crippen LogP contribution in [0.2, 0.25) is 0 Å². The minimum Gasteiger partial charge on any atom is -0.491 e. The molecule has 0 bridgehead atoms. The average Bonchev–Trinajstić information content (AvgIpc) is 2.55. The number of carbonyl (C=O) groups is 2. The van der Waals surface area contributed by atoms with Gasteiger partial charge in [0.05, 0.1) is 18.2 Å². The lowest BCUT2D eigenvalue weighted by atomic mass is 10.1. The highest BCUT2D eigenvalue weighted by Gasteiger charge is 2.21. The second-order valence-corrected chi connectivity index (χ2v) is 4.46. The first-order chi connectivity index (χ1) is 9.11. The van der Waals surface area contributed by atoms with Gasteiger partial charge in [0.1, 0.15) is 5.75 Å². The molecule has 0 radical (unpaired) electrons. The van der Waals surface area contributed by atoms with Crippen molar-refractivity contribution < 1.29 is 14.3 Å². The van der Waals surface area contributed by atoms with Gasteiger partial charge < -0.3 is 21.1 Å². The van der Waals surface area contributed by atoms with Gasteiger partial charge in [-0.1, -0.05) is 6.92 Å². The van der Waals surface area contributed by atoms with Crippen LogP contribution >= 0.6 is 0 Å². The van der Waals surface area contributed by atoms with Crippen LogP contribution in [0.1, 0.15) is 17.3 Å². The van der Waals surface area contributed by atoms with Gasteiger partial charge in [-0.05, 0) is 18.2 Å². The summed E-state index contributed by atoms with van der Waals surface area (Å²) < 4.78 is 5.51. The molecule has 1 aliphatic heterocycles. The third-order valence-electron chi connectivity index (χ3n) is 2.87. The third-order valence-corrected chi connectivity index (χ3v) is 2.87. The monoisotopic (exact) mass is 263 g/mol. The Morgan fingerprint density at radius 1 is 1.58 bits per heavy atom. The number of fused-ring (bicyclic) bond motifs is 1. The molecule has 1 heterocycles. The summed E-state index contributed by atoms with van der Waals surface area (Å²) in [5.74, 6) is 0.0213. The van der Waals surface area contributed by atoms with Crippen molar-refractivity contribution >= 4 is 17.5 Å². The number of nitrogens with two attached hydrogens (primary N) is 1. The normalized spacial score (nSPS) is 17.8. The lowest BCUT2D eigenvalue weighted by molar-refractivity contribution is -0.119. The van der Waals surface area contributed by atoms with Gasteiger partial charge in [-0.2, -0.15) is 0 Å². The Hall–Kier alpha value is -2.08. The number of hydrogen-bond donors (Lipinski definition) is 3. The van der Waals surface area contributed by atoms with Crippen molar-refractivity contribution in [3.05, 3.63) is 23.8 Å². The molecule has 0 spiro atoms. The fourth-order valence-corrected chi connectivity index (χ4v) is 1.73. The molecule has 4 N–H and O–H groups in total. The molecule has 0 saturated heterocycles. The molecule has 0 aromatic heterocycles. The molecule has 6 heteroatoms. The molecule has 102 valence electrons. The Kier molecular flexibility index (Phi) is 4.01. The Morgan fingerprint density at radius 2 is 2.37 bits per heavy atom. The highest BCUT2D eigenvalue weighted by molar-refractivity contribution is 5.99. The third kappa shape index (κ3) is 3.03. The summed E-state index contributed by atoms with van der Waals surface area (Å²) in [4.78, 5) is 23.5. The summed E-state index contributed by atoms with van der Waals surface area (Å²) in [7, 11) is 0. The molecular weight excluding hydrogens is 246 g/mol. The van der Waals surface area contributed by atoms with Crippen LogP contribution in [0.25, 0.3) is 0 Å². The topological polar surface area (TPSA) is 93.4 Å². The molecule has 2 amide bonds.